The smallest absolute Gasteiger partial charge is 0.131 e. The average molecular weight is 257 g/mol. The summed E-state index contributed by atoms with van der Waals surface area (Å²) < 4.78 is 8.70. The third-order valence-corrected chi connectivity index (χ3v) is 3.86. The predicted molar refractivity (Wildman–Crippen MR) is 56.2 cm³/mol. The van der Waals surface area contributed by atoms with Gasteiger partial charge in [-0.1, -0.05) is 0 Å². The Hall–Kier alpha value is -0.350. The van der Waals surface area contributed by atoms with Gasteiger partial charge in [-0.15, -0.1) is 0 Å². The summed E-state index contributed by atoms with van der Waals surface area (Å²) in [6.45, 7) is 1.58. The predicted octanol–water partition coefficient (Wildman–Crippen LogP) is 2.44. The molecule has 1 fully saturated rings. The van der Waals surface area contributed by atoms with Gasteiger partial charge in [-0.05, 0) is 35.2 Å². The van der Waals surface area contributed by atoms with Gasteiger partial charge in [0, 0.05) is 12.0 Å². The minimum absolute atomic E-state index is 0.636. The number of rotatable bonds is 1. The second-order valence-electron chi connectivity index (χ2n) is 4.05. The van der Waals surface area contributed by atoms with Crippen LogP contribution in [0.3, 0.4) is 0 Å². The minimum atomic E-state index is 0.636. The van der Waals surface area contributed by atoms with Crippen LogP contribution in [0.15, 0.2) is 4.60 Å². The van der Waals surface area contributed by atoms with Crippen molar-refractivity contribution in [3.63, 3.8) is 0 Å². The van der Waals surface area contributed by atoms with Crippen LogP contribution in [0.2, 0.25) is 0 Å². The molecule has 0 saturated heterocycles. The van der Waals surface area contributed by atoms with Crippen molar-refractivity contribution in [3.8, 4) is 0 Å². The molecule has 1 aromatic heterocycles. The second-order valence-corrected chi connectivity index (χ2v) is 4.80. The van der Waals surface area contributed by atoms with Crippen molar-refractivity contribution in [2.45, 2.75) is 38.3 Å². The van der Waals surface area contributed by atoms with Gasteiger partial charge in [0.2, 0.25) is 0 Å². The first-order chi connectivity index (χ1) is 6.86. The fourth-order valence-electron chi connectivity index (χ4n) is 2.15. The normalized spacial score (nSPS) is 21.8. The number of hydrogen-bond acceptors (Lipinski definition) is 2. The second kappa shape index (κ2) is 3.35. The lowest BCUT2D eigenvalue weighted by Gasteiger charge is -2.28. The zero-order valence-corrected chi connectivity index (χ0v) is 9.59. The Labute approximate surface area is 91.6 Å². The Morgan fingerprint density at radius 3 is 3.00 bits per heavy atom. The molecule has 1 aliphatic carbocycles. The number of aromatic nitrogens is 2. The van der Waals surface area contributed by atoms with Crippen LogP contribution < -0.4 is 0 Å². The molecule has 0 unspecified atom stereocenters. The van der Waals surface area contributed by atoms with Crippen LogP contribution in [-0.2, 0) is 17.8 Å². The number of halogens is 1. The molecular formula is C10H13BrN2O. The third-order valence-electron chi connectivity index (χ3n) is 3.23. The van der Waals surface area contributed by atoms with Crippen molar-refractivity contribution < 1.29 is 4.74 Å². The molecule has 2 aliphatic rings. The van der Waals surface area contributed by atoms with Crippen LogP contribution in [-0.4, -0.2) is 16.4 Å². The monoisotopic (exact) mass is 256 g/mol. The molecule has 0 amide bonds. The highest BCUT2D eigenvalue weighted by atomic mass is 79.9. The molecule has 0 aromatic carbocycles. The lowest BCUT2D eigenvalue weighted by atomic mass is 9.93. The van der Waals surface area contributed by atoms with E-state index in [4.69, 9.17) is 4.74 Å². The van der Waals surface area contributed by atoms with Gasteiger partial charge >= 0.3 is 0 Å². The molecule has 0 bridgehead atoms. The van der Waals surface area contributed by atoms with E-state index >= 15 is 0 Å². The molecule has 1 aliphatic heterocycles. The lowest BCUT2D eigenvalue weighted by molar-refractivity contribution is 0.0997. The van der Waals surface area contributed by atoms with E-state index < -0.39 is 0 Å². The number of fused-ring (bicyclic) bond motifs is 1. The zero-order valence-electron chi connectivity index (χ0n) is 8.00. The Balaban J connectivity index is 2.02. The van der Waals surface area contributed by atoms with Gasteiger partial charge in [-0.3, -0.25) is 4.68 Å². The van der Waals surface area contributed by atoms with E-state index in [1.54, 1.807) is 0 Å². The van der Waals surface area contributed by atoms with E-state index in [0.29, 0.717) is 6.04 Å². The van der Waals surface area contributed by atoms with Crippen LogP contribution in [0, 0.1) is 0 Å². The van der Waals surface area contributed by atoms with Gasteiger partial charge < -0.3 is 4.74 Å². The highest BCUT2D eigenvalue weighted by Crippen LogP contribution is 2.35. The van der Waals surface area contributed by atoms with Gasteiger partial charge in [0.15, 0.2) is 0 Å². The molecule has 2 heterocycles. The van der Waals surface area contributed by atoms with Crippen molar-refractivity contribution in [1.29, 1.82) is 0 Å². The number of ether oxygens (including phenoxy) is 1. The first-order valence-corrected chi connectivity index (χ1v) is 5.99. The summed E-state index contributed by atoms with van der Waals surface area (Å²) in [4.78, 5) is 0. The standard InChI is InChI=1S/C10H13BrN2O/c11-10-8-4-5-14-6-9(8)13(12-10)7-2-1-3-7/h7H,1-6H2. The summed E-state index contributed by atoms with van der Waals surface area (Å²) in [6.07, 6.45) is 4.90. The molecule has 1 saturated carbocycles. The fourth-order valence-corrected chi connectivity index (χ4v) is 2.75. The summed E-state index contributed by atoms with van der Waals surface area (Å²) in [5.41, 5.74) is 2.66. The van der Waals surface area contributed by atoms with E-state index in [1.165, 1.54) is 30.5 Å². The summed E-state index contributed by atoms with van der Waals surface area (Å²) in [6, 6.07) is 0.636. The van der Waals surface area contributed by atoms with Crippen molar-refractivity contribution in [3.05, 3.63) is 15.9 Å². The van der Waals surface area contributed by atoms with Crippen molar-refractivity contribution in [2.75, 3.05) is 6.61 Å². The summed E-state index contributed by atoms with van der Waals surface area (Å²) in [7, 11) is 0. The molecule has 3 nitrogen and oxygen atoms in total. The summed E-state index contributed by atoms with van der Waals surface area (Å²) in [5, 5.41) is 4.57. The van der Waals surface area contributed by atoms with Gasteiger partial charge in [-0.2, -0.15) is 5.10 Å². The Kier molecular flexibility index (Phi) is 2.13. The first-order valence-electron chi connectivity index (χ1n) is 5.20. The maximum absolute atomic E-state index is 5.49. The molecule has 1 aromatic rings. The lowest BCUT2D eigenvalue weighted by Crippen LogP contribution is -2.22. The molecular weight excluding hydrogens is 244 g/mol. The maximum Gasteiger partial charge on any atom is 0.131 e. The maximum atomic E-state index is 5.49. The van der Waals surface area contributed by atoms with Crippen LogP contribution in [0.4, 0.5) is 0 Å². The van der Waals surface area contributed by atoms with E-state index in [-0.39, 0.29) is 0 Å². The molecule has 14 heavy (non-hydrogen) atoms. The SMILES string of the molecule is Brc1nn(C2CCC2)c2c1CCOC2. The fraction of sp³-hybridized carbons (Fsp3) is 0.700. The van der Waals surface area contributed by atoms with Gasteiger partial charge in [0.25, 0.3) is 0 Å². The van der Waals surface area contributed by atoms with Crippen LogP contribution >= 0.6 is 15.9 Å². The van der Waals surface area contributed by atoms with Crippen LogP contribution in [0.5, 0.6) is 0 Å². The highest BCUT2D eigenvalue weighted by molar-refractivity contribution is 9.10. The third kappa shape index (κ3) is 1.24. The van der Waals surface area contributed by atoms with Crippen LogP contribution in [0.1, 0.15) is 36.6 Å². The van der Waals surface area contributed by atoms with Crippen LogP contribution in [0.25, 0.3) is 0 Å². The van der Waals surface area contributed by atoms with E-state index in [2.05, 4.69) is 25.7 Å². The highest BCUT2D eigenvalue weighted by Gasteiger charge is 2.27. The van der Waals surface area contributed by atoms with Crippen molar-refractivity contribution in [2.24, 2.45) is 0 Å². The summed E-state index contributed by atoms with van der Waals surface area (Å²) >= 11 is 3.54. The average Bonchev–Trinajstić information content (AvgIpc) is 2.43. The Bertz CT molecular complexity index is 357. The van der Waals surface area contributed by atoms with Crippen molar-refractivity contribution in [1.82, 2.24) is 9.78 Å². The van der Waals surface area contributed by atoms with Crippen molar-refractivity contribution >= 4 is 15.9 Å². The van der Waals surface area contributed by atoms with Gasteiger partial charge in [0.1, 0.15) is 4.60 Å². The number of hydrogen-bond donors (Lipinski definition) is 0. The minimum Gasteiger partial charge on any atom is -0.375 e. The largest absolute Gasteiger partial charge is 0.375 e. The van der Waals surface area contributed by atoms with E-state index in [1.807, 2.05) is 0 Å². The Morgan fingerprint density at radius 1 is 1.43 bits per heavy atom. The molecule has 76 valence electrons. The molecule has 0 radical (unpaired) electrons. The van der Waals surface area contributed by atoms with Gasteiger partial charge in [-0.25, -0.2) is 0 Å². The molecule has 4 heteroatoms. The summed E-state index contributed by atoms with van der Waals surface area (Å²) in [5.74, 6) is 0. The topological polar surface area (TPSA) is 27.1 Å². The molecule has 0 N–H and O–H groups in total. The molecule has 0 atom stereocenters. The first kappa shape index (κ1) is 8.92. The molecule has 0 spiro atoms. The van der Waals surface area contributed by atoms with Gasteiger partial charge in [0.05, 0.1) is 24.9 Å². The van der Waals surface area contributed by atoms with E-state index in [0.717, 1.165) is 24.2 Å². The Morgan fingerprint density at radius 2 is 2.29 bits per heavy atom. The quantitative estimate of drug-likeness (QED) is 0.772. The van der Waals surface area contributed by atoms with E-state index in [9.17, 15) is 0 Å². The number of nitrogens with zero attached hydrogens (tertiary/aromatic N) is 2. The zero-order chi connectivity index (χ0) is 9.54. The molecule has 3 rings (SSSR count).